The van der Waals surface area contributed by atoms with Crippen molar-refractivity contribution < 1.29 is 0 Å². The van der Waals surface area contributed by atoms with Crippen LogP contribution in [0.4, 0.5) is 5.69 Å². The molecule has 2 aromatic rings. The zero-order chi connectivity index (χ0) is 16.4. The highest BCUT2D eigenvalue weighted by Gasteiger charge is 2.14. The lowest BCUT2D eigenvalue weighted by Gasteiger charge is -2.20. The first-order chi connectivity index (χ1) is 10.2. The molecule has 22 heavy (non-hydrogen) atoms. The molecule has 0 bridgehead atoms. The molecule has 0 saturated carbocycles. The van der Waals surface area contributed by atoms with Crippen LogP contribution >= 0.6 is 11.9 Å². The first-order valence-corrected chi connectivity index (χ1v) is 8.62. The Hall–Kier alpha value is -1.41. The predicted octanol–water partition coefficient (Wildman–Crippen LogP) is 6.40. The van der Waals surface area contributed by atoms with Crippen LogP contribution in [0.15, 0.2) is 53.4 Å². The van der Waals surface area contributed by atoms with Gasteiger partial charge >= 0.3 is 0 Å². The predicted molar refractivity (Wildman–Crippen MR) is 99.8 cm³/mol. The molecule has 2 heteroatoms. The number of nitrogens with one attached hydrogen (secondary N) is 1. The second-order valence-electron chi connectivity index (χ2n) is 7.81. The van der Waals surface area contributed by atoms with Crippen LogP contribution in [0.25, 0.3) is 0 Å². The molecule has 0 spiro atoms. The Morgan fingerprint density at radius 1 is 0.636 bits per heavy atom. The molecule has 0 heterocycles. The fourth-order valence-electron chi connectivity index (χ4n) is 2.18. The standard InChI is InChI=1S/C20H27NS/c1-19(2,3)15-7-11-17(12-8-15)21-22-18-13-9-16(10-14-18)20(4,5)6/h7-14,21H,1-6H3. The summed E-state index contributed by atoms with van der Waals surface area (Å²) in [5.41, 5.74) is 4.27. The Labute approximate surface area is 139 Å². The van der Waals surface area contributed by atoms with Gasteiger partial charge in [0.05, 0.1) is 0 Å². The molecule has 0 aromatic heterocycles. The molecule has 0 aliphatic heterocycles. The van der Waals surface area contributed by atoms with Crippen LogP contribution < -0.4 is 4.72 Å². The van der Waals surface area contributed by atoms with Gasteiger partial charge in [-0.2, -0.15) is 0 Å². The van der Waals surface area contributed by atoms with E-state index in [1.165, 1.54) is 16.0 Å². The van der Waals surface area contributed by atoms with Gasteiger partial charge in [0.2, 0.25) is 0 Å². The molecule has 2 aromatic carbocycles. The normalized spacial score (nSPS) is 12.3. The number of rotatable bonds is 3. The van der Waals surface area contributed by atoms with Crippen LogP contribution in [-0.4, -0.2) is 0 Å². The highest BCUT2D eigenvalue weighted by Crippen LogP contribution is 2.28. The quantitative estimate of drug-likeness (QED) is 0.658. The van der Waals surface area contributed by atoms with E-state index in [0.717, 1.165) is 5.69 Å². The maximum atomic E-state index is 3.41. The monoisotopic (exact) mass is 313 g/mol. The molecule has 0 amide bonds. The minimum absolute atomic E-state index is 0.203. The zero-order valence-corrected chi connectivity index (χ0v) is 15.3. The summed E-state index contributed by atoms with van der Waals surface area (Å²) in [6.45, 7) is 13.4. The first-order valence-electron chi connectivity index (χ1n) is 7.80. The summed E-state index contributed by atoms with van der Waals surface area (Å²) in [7, 11) is 0. The summed E-state index contributed by atoms with van der Waals surface area (Å²) in [6, 6.07) is 17.5. The van der Waals surface area contributed by atoms with Gasteiger partial charge in [-0.3, -0.25) is 0 Å². The Morgan fingerprint density at radius 2 is 1.05 bits per heavy atom. The van der Waals surface area contributed by atoms with Gasteiger partial charge in [-0.05, 0) is 58.2 Å². The van der Waals surface area contributed by atoms with Crippen molar-refractivity contribution in [2.24, 2.45) is 0 Å². The lowest BCUT2D eigenvalue weighted by molar-refractivity contribution is 0.589. The molecule has 0 fully saturated rings. The van der Waals surface area contributed by atoms with E-state index in [-0.39, 0.29) is 10.8 Å². The Morgan fingerprint density at radius 3 is 1.45 bits per heavy atom. The average molecular weight is 314 g/mol. The van der Waals surface area contributed by atoms with Crippen LogP contribution in [0, 0.1) is 0 Å². The molecule has 0 aliphatic carbocycles. The summed E-state index contributed by atoms with van der Waals surface area (Å²) in [6.07, 6.45) is 0. The lowest BCUT2D eigenvalue weighted by Crippen LogP contribution is -2.10. The van der Waals surface area contributed by atoms with Crippen LogP contribution in [-0.2, 0) is 10.8 Å². The minimum Gasteiger partial charge on any atom is -0.326 e. The van der Waals surface area contributed by atoms with E-state index in [9.17, 15) is 0 Å². The maximum Gasteiger partial charge on any atom is 0.0443 e. The summed E-state index contributed by atoms with van der Waals surface area (Å²) in [5, 5.41) is 0. The fourth-order valence-corrected chi connectivity index (χ4v) is 2.82. The minimum atomic E-state index is 0.203. The van der Waals surface area contributed by atoms with E-state index in [1.807, 2.05) is 0 Å². The summed E-state index contributed by atoms with van der Waals surface area (Å²) in [5.74, 6) is 0. The largest absolute Gasteiger partial charge is 0.326 e. The Bertz CT molecular complexity index is 541. The molecular weight excluding hydrogens is 286 g/mol. The maximum absolute atomic E-state index is 3.41. The number of benzene rings is 2. The van der Waals surface area contributed by atoms with Crippen molar-refractivity contribution >= 4 is 17.6 Å². The summed E-state index contributed by atoms with van der Waals surface area (Å²) < 4.78 is 3.41. The van der Waals surface area contributed by atoms with Gasteiger partial charge < -0.3 is 4.72 Å². The van der Waals surface area contributed by atoms with Crippen LogP contribution in [0.3, 0.4) is 0 Å². The SMILES string of the molecule is CC(C)(C)c1ccc(NSc2ccc(C(C)(C)C)cc2)cc1. The molecule has 0 atom stereocenters. The van der Waals surface area contributed by atoms with Crippen molar-refractivity contribution in [1.29, 1.82) is 0 Å². The van der Waals surface area contributed by atoms with Crippen molar-refractivity contribution in [3.63, 3.8) is 0 Å². The molecule has 1 nitrogen and oxygen atoms in total. The van der Waals surface area contributed by atoms with E-state index < -0.39 is 0 Å². The average Bonchev–Trinajstić information content (AvgIpc) is 2.44. The Balaban J connectivity index is 1.98. The zero-order valence-electron chi connectivity index (χ0n) is 14.5. The van der Waals surface area contributed by atoms with Gasteiger partial charge in [0.15, 0.2) is 0 Å². The Kier molecular flexibility index (Phi) is 4.91. The molecule has 0 radical (unpaired) electrons. The molecule has 0 aliphatic rings. The van der Waals surface area contributed by atoms with Gasteiger partial charge in [-0.15, -0.1) is 0 Å². The van der Waals surface area contributed by atoms with Crippen molar-refractivity contribution in [3.05, 3.63) is 59.7 Å². The van der Waals surface area contributed by atoms with Crippen LogP contribution in [0.5, 0.6) is 0 Å². The molecular formula is C20H27NS. The van der Waals surface area contributed by atoms with Crippen molar-refractivity contribution in [2.75, 3.05) is 4.72 Å². The fraction of sp³-hybridized carbons (Fsp3) is 0.400. The van der Waals surface area contributed by atoms with E-state index in [2.05, 4.69) is 94.8 Å². The summed E-state index contributed by atoms with van der Waals surface area (Å²) in [4.78, 5) is 1.23. The molecule has 118 valence electrons. The molecule has 1 N–H and O–H groups in total. The van der Waals surface area contributed by atoms with Crippen molar-refractivity contribution in [1.82, 2.24) is 0 Å². The smallest absolute Gasteiger partial charge is 0.0443 e. The number of anilines is 1. The van der Waals surface area contributed by atoms with Crippen molar-refractivity contribution in [2.45, 2.75) is 57.3 Å². The van der Waals surface area contributed by atoms with Crippen LogP contribution in [0.2, 0.25) is 0 Å². The van der Waals surface area contributed by atoms with Crippen molar-refractivity contribution in [3.8, 4) is 0 Å². The summed E-state index contributed by atoms with van der Waals surface area (Å²) >= 11 is 1.66. The third-order valence-corrected chi connectivity index (χ3v) is 4.60. The van der Waals surface area contributed by atoms with E-state index in [0.29, 0.717) is 0 Å². The van der Waals surface area contributed by atoms with E-state index in [4.69, 9.17) is 0 Å². The molecule has 0 unspecified atom stereocenters. The first kappa shape index (κ1) is 17.0. The number of hydrogen-bond donors (Lipinski definition) is 1. The number of hydrogen-bond acceptors (Lipinski definition) is 2. The third-order valence-electron chi connectivity index (χ3n) is 3.76. The van der Waals surface area contributed by atoms with Gasteiger partial charge in [0, 0.05) is 10.6 Å². The second kappa shape index (κ2) is 6.37. The third kappa shape index (κ3) is 4.54. The van der Waals surface area contributed by atoms with E-state index >= 15 is 0 Å². The van der Waals surface area contributed by atoms with Gasteiger partial charge in [0.1, 0.15) is 0 Å². The van der Waals surface area contributed by atoms with Gasteiger partial charge in [0.25, 0.3) is 0 Å². The van der Waals surface area contributed by atoms with Gasteiger partial charge in [-0.1, -0.05) is 65.8 Å². The highest BCUT2D eigenvalue weighted by molar-refractivity contribution is 8.00. The second-order valence-corrected chi connectivity index (χ2v) is 8.69. The molecule has 2 rings (SSSR count). The topological polar surface area (TPSA) is 12.0 Å². The lowest BCUT2D eigenvalue weighted by atomic mass is 9.87. The highest BCUT2D eigenvalue weighted by atomic mass is 32.2. The molecule has 0 saturated heterocycles. The van der Waals surface area contributed by atoms with E-state index in [1.54, 1.807) is 11.9 Å². The van der Waals surface area contributed by atoms with Gasteiger partial charge in [-0.25, -0.2) is 0 Å². The van der Waals surface area contributed by atoms with Crippen LogP contribution in [0.1, 0.15) is 52.7 Å².